The topological polar surface area (TPSA) is 53.6 Å². The van der Waals surface area contributed by atoms with Crippen LogP contribution in [0.15, 0.2) is 24.3 Å². The summed E-state index contributed by atoms with van der Waals surface area (Å²) in [5, 5.41) is 6.14. The molecule has 0 saturated carbocycles. The summed E-state index contributed by atoms with van der Waals surface area (Å²) in [6, 6.07) is 8.29. The van der Waals surface area contributed by atoms with Crippen LogP contribution in [0.1, 0.15) is 26.3 Å². The minimum atomic E-state index is -0.466. The first-order valence-corrected chi connectivity index (χ1v) is 7.45. The zero-order valence-electron chi connectivity index (χ0n) is 13.1. The first kappa shape index (κ1) is 15.6. The Kier molecular flexibility index (Phi) is 5.07. The van der Waals surface area contributed by atoms with Crippen LogP contribution in [0.4, 0.5) is 10.5 Å². The molecule has 2 N–H and O–H groups in total. The third-order valence-corrected chi connectivity index (χ3v) is 3.23. The minimum absolute atomic E-state index is 0.380. The minimum Gasteiger partial charge on any atom is -0.444 e. The van der Waals surface area contributed by atoms with E-state index in [9.17, 15) is 4.79 Å². The molecule has 0 aliphatic carbocycles. The second kappa shape index (κ2) is 6.80. The zero-order valence-corrected chi connectivity index (χ0v) is 13.1. The number of nitrogens with one attached hydrogen (secondary N) is 2. The van der Waals surface area contributed by atoms with Gasteiger partial charge in [-0.2, -0.15) is 0 Å². The van der Waals surface area contributed by atoms with E-state index < -0.39 is 5.60 Å². The molecule has 1 aliphatic heterocycles. The van der Waals surface area contributed by atoms with Crippen molar-refractivity contribution in [2.24, 2.45) is 0 Å². The summed E-state index contributed by atoms with van der Waals surface area (Å²) >= 11 is 0. The number of amides is 1. The molecule has 1 amide bonds. The zero-order chi connectivity index (χ0) is 15.3. The van der Waals surface area contributed by atoms with Crippen molar-refractivity contribution in [1.29, 1.82) is 0 Å². The van der Waals surface area contributed by atoms with Crippen molar-refractivity contribution in [3.63, 3.8) is 0 Å². The Labute approximate surface area is 126 Å². The first-order chi connectivity index (χ1) is 9.94. The Bertz CT molecular complexity index is 477. The van der Waals surface area contributed by atoms with Gasteiger partial charge in [-0.15, -0.1) is 0 Å². The first-order valence-electron chi connectivity index (χ1n) is 7.45. The molecule has 1 fully saturated rings. The summed E-state index contributed by atoms with van der Waals surface area (Å²) in [6.07, 6.45) is -0.380. The SMILES string of the molecule is CC(C)(C)OC(=O)NCc1cccc(N2CCNCC2)c1. The van der Waals surface area contributed by atoms with Gasteiger partial charge in [-0.25, -0.2) is 4.79 Å². The number of piperazine rings is 1. The normalized spacial score (nSPS) is 15.7. The van der Waals surface area contributed by atoms with Crippen LogP contribution in [0.3, 0.4) is 0 Å². The van der Waals surface area contributed by atoms with E-state index in [0.29, 0.717) is 6.54 Å². The number of alkyl carbamates (subject to hydrolysis) is 1. The van der Waals surface area contributed by atoms with E-state index in [-0.39, 0.29) is 6.09 Å². The highest BCUT2D eigenvalue weighted by molar-refractivity contribution is 5.67. The maximum atomic E-state index is 11.7. The van der Waals surface area contributed by atoms with E-state index in [1.165, 1.54) is 5.69 Å². The van der Waals surface area contributed by atoms with Crippen molar-refractivity contribution < 1.29 is 9.53 Å². The fourth-order valence-corrected chi connectivity index (χ4v) is 2.27. The monoisotopic (exact) mass is 291 g/mol. The quantitative estimate of drug-likeness (QED) is 0.895. The molecule has 1 heterocycles. The van der Waals surface area contributed by atoms with E-state index in [2.05, 4.69) is 27.7 Å². The lowest BCUT2D eigenvalue weighted by atomic mass is 10.1. The lowest BCUT2D eigenvalue weighted by molar-refractivity contribution is 0.0523. The van der Waals surface area contributed by atoms with Crippen molar-refractivity contribution in [2.45, 2.75) is 32.9 Å². The van der Waals surface area contributed by atoms with E-state index in [1.807, 2.05) is 32.9 Å². The summed E-state index contributed by atoms with van der Waals surface area (Å²) < 4.78 is 5.24. The molecule has 5 heteroatoms. The molecule has 1 aliphatic rings. The van der Waals surface area contributed by atoms with Crippen LogP contribution in [0, 0.1) is 0 Å². The van der Waals surface area contributed by atoms with Crippen LogP contribution in [0.5, 0.6) is 0 Å². The van der Waals surface area contributed by atoms with Crippen molar-refractivity contribution in [2.75, 3.05) is 31.1 Å². The fraction of sp³-hybridized carbons (Fsp3) is 0.562. The number of rotatable bonds is 3. The highest BCUT2D eigenvalue weighted by Gasteiger charge is 2.16. The van der Waals surface area contributed by atoms with Crippen LogP contribution in [-0.2, 0) is 11.3 Å². The number of hydrogen-bond acceptors (Lipinski definition) is 4. The van der Waals surface area contributed by atoms with Gasteiger partial charge in [0.25, 0.3) is 0 Å². The summed E-state index contributed by atoms with van der Waals surface area (Å²) in [6.45, 7) is 10.1. The molecule has 1 aromatic carbocycles. The number of benzene rings is 1. The lowest BCUT2D eigenvalue weighted by Crippen LogP contribution is -2.43. The molecule has 0 bridgehead atoms. The third kappa shape index (κ3) is 5.27. The largest absolute Gasteiger partial charge is 0.444 e. The summed E-state index contributed by atoms with van der Waals surface area (Å²) in [4.78, 5) is 14.0. The number of hydrogen-bond donors (Lipinski definition) is 2. The Balaban J connectivity index is 1.90. The van der Waals surface area contributed by atoms with E-state index in [1.54, 1.807) is 0 Å². The maximum absolute atomic E-state index is 11.7. The van der Waals surface area contributed by atoms with Gasteiger partial charge >= 0.3 is 6.09 Å². The summed E-state index contributed by atoms with van der Waals surface area (Å²) in [5.41, 5.74) is 1.82. The molecule has 0 atom stereocenters. The average molecular weight is 291 g/mol. The second-order valence-electron chi connectivity index (χ2n) is 6.26. The molecule has 5 nitrogen and oxygen atoms in total. The molecule has 116 valence electrons. The average Bonchev–Trinajstić information content (AvgIpc) is 2.45. The van der Waals surface area contributed by atoms with Crippen molar-refractivity contribution in [3.8, 4) is 0 Å². The van der Waals surface area contributed by atoms with Crippen LogP contribution in [-0.4, -0.2) is 37.9 Å². The predicted octanol–water partition coefficient (Wildman–Crippen LogP) is 2.12. The third-order valence-electron chi connectivity index (χ3n) is 3.23. The van der Waals surface area contributed by atoms with Gasteiger partial charge in [-0.3, -0.25) is 0 Å². The smallest absolute Gasteiger partial charge is 0.407 e. The molecule has 1 saturated heterocycles. The molecule has 0 aromatic heterocycles. The Hall–Kier alpha value is -1.75. The maximum Gasteiger partial charge on any atom is 0.407 e. The molecule has 2 rings (SSSR count). The standard InChI is InChI=1S/C16H25N3O2/c1-16(2,3)21-15(20)18-12-13-5-4-6-14(11-13)19-9-7-17-8-10-19/h4-6,11,17H,7-10,12H2,1-3H3,(H,18,20). The van der Waals surface area contributed by atoms with Gasteiger partial charge in [0.2, 0.25) is 0 Å². The second-order valence-corrected chi connectivity index (χ2v) is 6.26. The van der Waals surface area contributed by atoms with Crippen LogP contribution >= 0.6 is 0 Å². The van der Waals surface area contributed by atoms with Crippen LogP contribution in [0.25, 0.3) is 0 Å². The molecule has 1 aromatic rings. The Morgan fingerprint density at radius 3 is 2.71 bits per heavy atom. The Morgan fingerprint density at radius 2 is 2.05 bits per heavy atom. The van der Waals surface area contributed by atoms with Gasteiger partial charge in [0.1, 0.15) is 5.60 Å². The number of carbonyl (C=O) groups is 1. The molecule has 21 heavy (non-hydrogen) atoms. The Morgan fingerprint density at radius 1 is 1.33 bits per heavy atom. The van der Waals surface area contributed by atoms with Gasteiger partial charge < -0.3 is 20.3 Å². The van der Waals surface area contributed by atoms with Crippen molar-refractivity contribution in [1.82, 2.24) is 10.6 Å². The molecule has 0 radical (unpaired) electrons. The van der Waals surface area contributed by atoms with E-state index in [0.717, 1.165) is 31.7 Å². The van der Waals surface area contributed by atoms with Gasteiger partial charge in [0, 0.05) is 38.4 Å². The van der Waals surface area contributed by atoms with E-state index in [4.69, 9.17) is 4.74 Å². The van der Waals surface area contributed by atoms with Crippen molar-refractivity contribution in [3.05, 3.63) is 29.8 Å². The number of ether oxygens (including phenoxy) is 1. The van der Waals surface area contributed by atoms with Gasteiger partial charge in [-0.05, 0) is 38.5 Å². The van der Waals surface area contributed by atoms with Gasteiger partial charge in [-0.1, -0.05) is 12.1 Å². The van der Waals surface area contributed by atoms with Gasteiger partial charge in [0.15, 0.2) is 0 Å². The number of anilines is 1. The van der Waals surface area contributed by atoms with Crippen LogP contribution in [0.2, 0.25) is 0 Å². The summed E-state index contributed by atoms with van der Waals surface area (Å²) in [5.74, 6) is 0. The molecular weight excluding hydrogens is 266 g/mol. The van der Waals surface area contributed by atoms with E-state index >= 15 is 0 Å². The number of carbonyl (C=O) groups excluding carboxylic acids is 1. The predicted molar refractivity (Wildman–Crippen MR) is 84.6 cm³/mol. The molecule has 0 unspecified atom stereocenters. The highest BCUT2D eigenvalue weighted by atomic mass is 16.6. The van der Waals surface area contributed by atoms with Crippen LogP contribution < -0.4 is 15.5 Å². The van der Waals surface area contributed by atoms with Crippen molar-refractivity contribution >= 4 is 11.8 Å². The summed E-state index contributed by atoms with van der Waals surface area (Å²) in [7, 11) is 0. The molecular formula is C16H25N3O2. The lowest BCUT2D eigenvalue weighted by Gasteiger charge is -2.29. The number of nitrogens with zero attached hydrogens (tertiary/aromatic N) is 1. The van der Waals surface area contributed by atoms with Gasteiger partial charge in [0.05, 0.1) is 0 Å². The molecule has 0 spiro atoms. The fourth-order valence-electron chi connectivity index (χ4n) is 2.27. The highest BCUT2D eigenvalue weighted by Crippen LogP contribution is 2.17.